The molecule has 0 aromatic heterocycles. The summed E-state index contributed by atoms with van der Waals surface area (Å²) in [5.74, 6) is 1.19. The van der Waals surface area contributed by atoms with E-state index >= 15 is 0 Å². The summed E-state index contributed by atoms with van der Waals surface area (Å²) >= 11 is 0. The van der Waals surface area contributed by atoms with Crippen LogP contribution in [0.2, 0.25) is 0 Å². The smallest absolute Gasteiger partial charge is 0.335 e. The van der Waals surface area contributed by atoms with Crippen LogP contribution in [0, 0.1) is 5.92 Å². The van der Waals surface area contributed by atoms with Crippen molar-refractivity contribution in [1.29, 1.82) is 0 Å². The fourth-order valence-electron chi connectivity index (χ4n) is 5.69. The van der Waals surface area contributed by atoms with Crippen molar-refractivity contribution in [1.82, 2.24) is 0 Å². The number of fused-ring (bicyclic) bond motifs is 6. The van der Waals surface area contributed by atoms with E-state index in [1.165, 1.54) is 11.1 Å². The minimum absolute atomic E-state index is 0.106. The van der Waals surface area contributed by atoms with Crippen LogP contribution in [0.25, 0.3) is 0 Å². The quantitative estimate of drug-likeness (QED) is 0.746. The van der Waals surface area contributed by atoms with Crippen molar-refractivity contribution >= 4 is 5.97 Å². The van der Waals surface area contributed by atoms with Crippen molar-refractivity contribution in [2.24, 2.45) is 5.92 Å². The van der Waals surface area contributed by atoms with Gasteiger partial charge in [-0.1, -0.05) is 12.1 Å². The number of methoxy groups -OCH3 is 1. The lowest BCUT2D eigenvalue weighted by Gasteiger charge is -2.51. The van der Waals surface area contributed by atoms with Gasteiger partial charge in [0.2, 0.25) is 0 Å². The number of hydrogen-bond acceptors (Lipinski definition) is 4. The third-order valence-corrected chi connectivity index (χ3v) is 7.18. The number of carbonyl (C=O) groups is 1. The summed E-state index contributed by atoms with van der Waals surface area (Å²) in [5, 5.41) is 9.47. The molecular formula is C25H28O5. The lowest BCUT2D eigenvalue weighted by Crippen LogP contribution is -2.50. The first-order chi connectivity index (χ1) is 14.4. The summed E-state index contributed by atoms with van der Waals surface area (Å²) in [6.45, 7) is 4.23. The Bertz CT molecular complexity index is 995. The number of carboxylic acids is 1. The third-order valence-electron chi connectivity index (χ3n) is 7.18. The second kappa shape index (κ2) is 7.02. The predicted molar refractivity (Wildman–Crippen MR) is 113 cm³/mol. The van der Waals surface area contributed by atoms with Gasteiger partial charge in [0.15, 0.2) is 0 Å². The van der Waals surface area contributed by atoms with E-state index in [1.807, 2.05) is 6.07 Å². The van der Waals surface area contributed by atoms with Crippen molar-refractivity contribution in [3.8, 4) is 11.5 Å². The number of rotatable bonds is 2. The van der Waals surface area contributed by atoms with Crippen LogP contribution < -0.4 is 9.47 Å². The van der Waals surface area contributed by atoms with Gasteiger partial charge >= 0.3 is 5.97 Å². The van der Waals surface area contributed by atoms with Gasteiger partial charge in [0.25, 0.3) is 0 Å². The molecule has 2 aromatic rings. The number of benzene rings is 2. The Labute approximate surface area is 177 Å². The topological polar surface area (TPSA) is 65.0 Å². The van der Waals surface area contributed by atoms with E-state index in [0.717, 1.165) is 42.7 Å². The van der Waals surface area contributed by atoms with E-state index in [1.54, 1.807) is 25.3 Å². The Kier molecular flexibility index (Phi) is 4.55. The molecule has 2 aromatic carbocycles. The maximum Gasteiger partial charge on any atom is 0.335 e. The maximum absolute atomic E-state index is 11.6. The molecule has 2 aliphatic heterocycles. The van der Waals surface area contributed by atoms with Crippen LogP contribution >= 0.6 is 0 Å². The second-order valence-corrected chi connectivity index (χ2v) is 9.23. The van der Waals surface area contributed by atoms with Crippen molar-refractivity contribution < 1.29 is 24.1 Å². The van der Waals surface area contributed by atoms with E-state index in [4.69, 9.17) is 14.2 Å². The molecule has 0 spiro atoms. The Morgan fingerprint density at radius 1 is 1.20 bits per heavy atom. The molecular weight excluding hydrogens is 380 g/mol. The van der Waals surface area contributed by atoms with Crippen molar-refractivity contribution in [2.45, 2.75) is 63.3 Å². The fraction of sp³-hybridized carbons (Fsp3) is 0.480. The highest BCUT2D eigenvalue weighted by Crippen LogP contribution is 2.55. The molecule has 4 atom stereocenters. The molecule has 30 heavy (non-hydrogen) atoms. The van der Waals surface area contributed by atoms with Crippen LogP contribution in [0.3, 0.4) is 0 Å². The van der Waals surface area contributed by atoms with Gasteiger partial charge in [-0.2, -0.15) is 0 Å². The van der Waals surface area contributed by atoms with E-state index < -0.39 is 11.6 Å². The van der Waals surface area contributed by atoms with E-state index in [0.29, 0.717) is 0 Å². The van der Waals surface area contributed by atoms with E-state index in [2.05, 4.69) is 26.0 Å². The normalized spacial score (nSPS) is 28.6. The second-order valence-electron chi connectivity index (χ2n) is 9.23. The van der Waals surface area contributed by atoms with Gasteiger partial charge in [-0.25, -0.2) is 4.79 Å². The standard InChI is InChI=1S/C25H28O5/c1-25(2)19-13-17-15-6-4-8-20(28-3)16(15)7-5-9-21(17)29-23(19)18-12-14(24(26)27)10-11-22(18)30-25/h4,6,8,10-12,17,19,21,23H,5,7,9,13H2,1-3H3,(H,26,27)/t17-,19-,21-,23+/m0/s1. The van der Waals surface area contributed by atoms with Gasteiger partial charge in [0.1, 0.15) is 17.1 Å². The minimum atomic E-state index is -0.927. The molecule has 1 saturated heterocycles. The van der Waals surface area contributed by atoms with Crippen LogP contribution in [-0.4, -0.2) is 29.9 Å². The first-order valence-electron chi connectivity index (χ1n) is 10.8. The summed E-state index contributed by atoms with van der Waals surface area (Å²) in [6, 6.07) is 11.5. The highest BCUT2D eigenvalue weighted by molar-refractivity contribution is 5.88. The first kappa shape index (κ1) is 19.4. The lowest BCUT2D eigenvalue weighted by molar-refractivity contribution is -0.159. The zero-order chi connectivity index (χ0) is 21.0. The van der Waals surface area contributed by atoms with E-state index in [-0.39, 0.29) is 29.6 Å². The molecule has 0 unspecified atom stereocenters. The number of aromatic carboxylic acids is 1. The Balaban J connectivity index is 1.58. The Morgan fingerprint density at radius 2 is 2.03 bits per heavy atom. The molecule has 1 N–H and O–H groups in total. The largest absolute Gasteiger partial charge is 0.496 e. The molecule has 0 amide bonds. The molecule has 5 nitrogen and oxygen atoms in total. The predicted octanol–water partition coefficient (Wildman–Crippen LogP) is 5.13. The van der Waals surface area contributed by atoms with Crippen molar-refractivity contribution in [2.75, 3.05) is 7.11 Å². The van der Waals surface area contributed by atoms with Gasteiger partial charge in [-0.05, 0) is 74.9 Å². The number of carboxylic acid groups (broad SMARTS) is 1. The van der Waals surface area contributed by atoms with Crippen molar-refractivity contribution in [3.63, 3.8) is 0 Å². The molecule has 5 heteroatoms. The van der Waals surface area contributed by atoms with Gasteiger partial charge in [-0.15, -0.1) is 0 Å². The third kappa shape index (κ3) is 2.99. The monoisotopic (exact) mass is 408 g/mol. The first-order valence-corrected chi connectivity index (χ1v) is 10.8. The van der Waals surface area contributed by atoms with Crippen molar-refractivity contribution in [3.05, 3.63) is 58.7 Å². The van der Waals surface area contributed by atoms with Gasteiger partial charge in [0.05, 0.1) is 24.9 Å². The number of ether oxygens (including phenoxy) is 3. The maximum atomic E-state index is 11.6. The zero-order valence-corrected chi connectivity index (χ0v) is 17.7. The average molecular weight is 408 g/mol. The molecule has 2 heterocycles. The minimum Gasteiger partial charge on any atom is -0.496 e. The Morgan fingerprint density at radius 3 is 2.80 bits per heavy atom. The summed E-state index contributed by atoms with van der Waals surface area (Å²) in [7, 11) is 1.74. The van der Waals surface area contributed by atoms with Gasteiger partial charge in [0, 0.05) is 17.4 Å². The van der Waals surface area contributed by atoms with Crippen LogP contribution in [0.5, 0.6) is 11.5 Å². The van der Waals surface area contributed by atoms with Crippen LogP contribution in [0.4, 0.5) is 0 Å². The lowest BCUT2D eigenvalue weighted by atomic mass is 9.70. The fourth-order valence-corrected chi connectivity index (χ4v) is 5.69. The molecule has 1 fully saturated rings. The summed E-state index contributed by atoms with van der Waals surface area (Å²) in [6.07, 6.45) is 3.92. The van der Waals surface area contributed by atoms with Gasteiger partial charge in [-0.3, -0.25) is 0 Å². The molecule has 0 bridgehead atoms. The van der Waals surface area contributed by atoms with Crippen LogP contribution in [0.15, 0.2) is 36.4 Å². The zero-order valence-electron chi connectivity index (χ0n) is 17.7. The molecule has 158 valence electrons. The van der Waals surface area contributed by atoms with Crippen LogP contribution in [0.1, 0.15) is 72.2 Å². The molecule has 3 aliphatic rings. The number of hydrogen-bond donors (Lipinski definition) is 1. The molecule has 5 rings (SSSR count). The highest BCUT2D eigenvalue weighted by atomic mass is 16.5. The SMILES string of the molecule is COc1cccc2c1CCC[C@@H]1O[C@@H]3c4cc(C(=O)O)ccc4OC(C)(C)[C@H]3C[C@@H]21. The molecule has 0 saturated carbocycles. The molecule has 0 radical (unpaired) electrons. The summed E-state index contributed by atoms with van der Waals surface area (Å²) in [4.78, 5) is 11.6. The highest BCUT2D eigenvalue weighted by Gasteiger charge is 2.51. The average Bonchev–Trinajstić information content (AvgIpc) is 2.91. The van der Waals surface area contributed by atoms with Crippen LogP contribution in [-0.2, 0) is 11.2 Å². The summed E-state index contributed by atoms with van der Waals surface area (Å²) < 4.78 is 18.8. The summed E-state index contributed by atoms with van der Waals surface area (Å²) in [5.41, 5.74) is 3.37. The Hall–Kier alpha value is -2.53. The van der Waals surface area contributed by atoms with Gasteiger partial charge < -0.3 is 19.3 Å². The van der Waals surface area contributed by atoms with E-state index in [9.17, 15) is 9.90 Å². The molecule has 1 aliphatic carbocycles.